The predicted octanol–water partition coefficient (Wildman–Crippen LogP) is 1.73. The number of carbonyl (C=O) groups excluding carboxylic acids is 2. The molecule has 0 spiro atoms. The van der Waals surface area contributed by atoms with Gasteiger partial charge in [0.05, 0.1) is 6.61 Å². The van der Waals surface area contributed by atoms with Crippen LogP contribution in [0.25, 0.3) is 0 Å². The van der Waals surface area contributed by atoms with Crippen LogP contribution in [0.1, 0.15) is 13.8 Å². The first-order valence-corrected chi connectivity index (χ1v) is 4.04. The Morgan fingerprint density at radius 1 is 1.40 bits per heavy atom. The highest BCUT2D eigenvalue weighted by atomic mass is 19.3. The number of allylic oxidation sites excluding steroid dienone is 1. The van der Waals surface area contributed by atoms with Crippen molar-refractivity contribution >= 4 is 11.8 Å². The van der Waals surface area contributed by atoms with Gasteiger partial charge in [0.15, 0.2) is 11.5 Å². The fraction of sp³-hybridized carbons (Fsp3) is 0.333. The summed E-state index contributed by atoms with van der Waals surface area (Å²) >= 11 is 0. The van der Waals surface area contributed by atoms with Crippen LogP contribution in [0.15, 0.2) is 23.5 Å². The summed E-state index contributed by atoms with van der Waals surface area (Å²) in [5, 5.41) is 8.84. The van der Waals surface area contributed by atoms with Crippen LogP contribution < -0.4 is 0 Å². The molecule has 0 fully saturated rings. The molecule has 4 nitrogen and oxygen atoms in total. The fourth-order valence-electron chi connectivity index (χ4n) is 0.738. The molecule has 0 bridgehead atoms. The zero-order chi connectivity index (χ0) is 12.0. The van der Waals surface area contributed by atoms with Gasteiger partial charge >= 0.3 is 12.0 Å². The molecule has 0 saturated carbocycles. The number of halogens is 2. The number of hydrogen-bond acceptors (Lipinski definition) is 4. The Labute approximate surface area is 84.8 Å². The molecule has 15 heavy (non-hydrogen) atoms. The first-order chi connectivity index (χ1) is 6.90. The van der Waals surface area contributed by atoms with Crippen molar-refractivity contribution < 1.29 is 28.2 Å². The molecule has 0 aliphatic heterocycles. The lowest BCUT2D eigenvalue weighted by atomic mass is 10.2. The van der Waals surface area contributed by atoms with E-state index >= 15 is 0 Å². The zero-order valence-electron chi connectivity index (χ0n) is 8.21. The molecule has 0 saturated heterocycles. The molecule has 0 rings (SSSR count). The topological polar surface area (TPSA) is 63.6 Å². The molecule has 0 radical (unpaired) electrons. The quantitative estimate of drug-likeness (QED) is 0.339. The summed E-state index contributed by atoms with van der Waals surface area (Å²) < 4.78 is 28.4. The van der Waals surface area contributed by atoms with E-state index in [0.717, 1.165) is 6.92 Å². The number of hydrogen-bond donors (Lipinski definition) is 1. The Morgan fingerprint density at radius 2 is 1.93 bits per heavy atom. The van der Waals surface area contributed by atoms with Crippen molar-refractivity contribution in [3.05, 3.63) is 23.5 Å². The molecule has 84 valence electrons. The summed E-state index contributed by atoms with van der Waals surface area (Å²) in [4.78, 5) is 21.7. The van der Waals surface area contributed by atoms with E-state index in [-0.39, 0.29) is 6.61 Å². The molecule has 0 atom stereocenters. The highest BCUT2D eigenvalue weighted by Gasteiger charge is 2.20. The van der Waals surface area contributed by atoms with Gasteiger partial charge in [-0.1, -0.05) is 0 Å². The van der Waals surface area contributed by atoms with E-state index in [1.165, 1.54) is 6.92 Å². The Bertz CT molecular complexity index is 327. The van der Waals surface area contributed by atoms with E-state index in [9.17, 15) is 18.4 Å². The van der Waals surface area contributed by atoms with Gasteiger partial charge in [0, 0.05) is 0 Å². The Kier molecular flexibility index (Phi) is 5.22. The van der Waals surface area contributed by atoms with Crippen molar-refractivity contribution in [2.45, 2.75) is 13.8 Å². The van der Waals surface area contributed by atoms with Gasteiger partial charge in [-0.05, 0) is 19.9 Å². The smallest absolute Gasteiger partial charge is 0.342 e. The van der Waals surface area contributed by atoms with Crippen molar-refractivity contribution in [1.82, 2.24) is 0 Å². The molecule has 0 aromatic heterocycles. The first kappa shape index (κ1) is 13.3. The minimum atomic E-state index is -2.45. The summed E-state index contributed by atoms with van der Waals surface area (Å²) in [7, 11) is 0. The number of ketones is 1. The van der Waals surface area contributed by atoms with Crippen LogP contribution in [0.4, 0.5) is 8.78 Å². The van der Waals surface area contributed by atoms with Crippen LogP contribution in [0, 0.1) is 0 Å². The maximum Gasteiger partial charge on any atom is 0.342 e. The molecular formula is C9H10F2O4. The van der Waals surface area contributed by atoms with Gasteiger partial charge in [-0.25, -0.2) is 4.79 Å². The SMILES string of the molecule is CCOC(=O)C(=CC(C)=O)C(O)=C(F)F. The average Bonchev–Trinajstić information content (AvgIpc) is 2.13. The number of carbonyl (C=O) groups is 2. The van der Waals surface area contributed by atoms with Gasteiger partial charge in [0.2, 0.25) is 0 Å². The van der Waals surface area contributed by atoms with E-state index in [1.54, 1.807) is 0 Å². The van der Waals surface area contributed by atoms with Crippen LogP contribution >= 0.6 is 0 Å². The first-order valence-electron chi connectivity index (χ1n) is 4.04. The average molecular weight is 220 g/mol. The van der Waals surface area contributed by atoms with Crippen LogP contribution in [-0.2, 0) is 14.3 Å². The third kappa shape index (κ3) is 4.35. The minimum Gasteiger partial charge on any atom is -0.503 e. The van der Waals surface area contributed by atoms with Crippen molar-refractivity contribution in [2.75, 3.05) is 6.61 Å². The van der Waals surface area contributed by atoms with Gasteiger partial charge in [0.1, 0.15) is 5.57 Å². The molecule has 1 N–H and O–H groups in total. The van der Waals surface area contributed by atoms with Gasteiger partial charge in [-0.15, -0.1) is 0 Å². The molecule has 0 aromatic carbocycles. The van der Waals surface area contributed by atoms with Crippen molar-refractivity contribution in [2.24, 2.45) is 0 Å². The van der Waals surface area contributed by atoms with E-state index in [4.69, 9.17) is 5.11 Å². The summed E-state index contributed by atoms with van der Waals surface area (Å²) in [6.07, 6.45) is -1.86. The highest BCUT2D eigenvalue weighted by molar-refractivity contribution is 6.01. The van der Waals surface area contributed by atoms with E-state index in [0.29, 0.717) is 6.08 Å². The lowest BCUT2D eigenvalue weighted by Gasteiger charge is -2.04. The molecule has 0 amide bonds. The van der Waals surface area contributed by atoms with Crippen LogP contribution in [0.2, 0.25) is 0 Å². The van der Waals surface area contributed by atoms with Gasteiger partial charge in [0.25, 0.3) is 0 Å². The van der Waals surface area contributed by atoms with E-state index in [1.807, 2.05) is 0 Å². The monoisotopic (exact) mass is 220 g/mol. The maximum atomic E-state index is 12.0. The van der Waals surface area contributed by atoms with Crippen LogP contribution in [0.5, 0.6) is 0 Å². The van der Waals surface area contributed by atoms with Gasteiger partial charge < -0.3 is 9.84 Å². The van der Waals surface area contributed by atoms with Crippen LogP contribution in [-0.4, -0.2) is 23.5 Å². The summed E-state index contributed by atoms with van der Waals surface area (Å²) in [5.41, 5.74) is -0.843. The third-order valence-electron chi connectivity index (χ3n) is 1.28. The van der Waals surface area contributed by atoms with Crippen molar-refractivity contribution in [3.8, 4) is 0 Å². The van der Waals surface area contributed by atoms with Gasteiger partial charge in [-0.3, -0.25) is 4.79 Å². The molecule has 0 aliphatic carbocycles. The summed E-state index contributed by atoms with van der Waals surface area (Å²) in [6.45, 7) is 2.48. The summed E-state index contributed by atoms with van der Waals surface area (Å²) in [6, 6.07) is 0. The van der Waals surface area contributed by atoms with Crippen LogP contribution in [0.3, 0.4) is 0 Å². The maximum absolute atomic E-state index is 12.0. The second-order valence-corrected chi connectivity index (χ2v) is 2.50. The number of ether oxygens (including phenoxy) is 1. The zero-order valence-corrected chi connectivity index (χ0v) is 8.21. The number of aliphatic hydroxyl groups excluding tert-OH is 1. The molecule has 0 aliphatic rings. The molecular weight excluding hydrogens is 210 g/mol. The number of rotatable bonds is 4. The predicted molar refractivity (Wildman–Crippen MR) is 47.3 cm³/mol. The highest BCUT2D eigenvalue weighted by Crippen LogP contribution is 2.15. The minimum absolute atomic E-state index is 0.0464. The van der Waals surface area contributed by atoms with Gasteiger partial charge in [-0.2, -0.15) is 8.78 Å². The lowest BCUT2D eigenvalue weighted by Crippen LogP contribution is -2.11. The second kappa shape index (κ2) is 5.90. The Hall–Kier alpha value is -1.72. The molecule has 6 heteroatoms. The normalized spacial score (nSPS) is 10.8. The Balaban J connectivity index is 5.17. The van der Waals surface area contributed by atoms with E-state index in [2.05, 4.69) is 4.74 Å². The number of esters is 1. The summed E-state index contributed by atoms with van der Waals surface area (Å²) in [5.74, 6) is -3.35. The number of aliphatic hydroxyl groups is 1. The fourth-order valence-corrected chi connectivity index (χ4v) is 0.738. The lowest BCUT2D eigenvalue weighted by molar-refractivity contribution is -0.138. The molecule has 0 aromatic rings. The second-order valence-electron chi connectivity index (χ2n) is 2.50. The largest absolute Gasteiger partial charge is 0.503 e. The molecule has 0 unspecified atom stereocenters. The van der Waals surface area contributed by atoms with Crippen molar-refractivity contribution in [1.29, 1.82) is 0 Å². The standard InChI is InChI=1S/C9H10F2O4/c1-3-15-9(14)6(4-5(2)12)7(13)8(10)11/h4,13H,3H2,1-2H3. The van der Waals surface area contributed by atoms with Crippen molar-refractivity contribution in [3.63, 3.8) is 0 Å². The third-order valence-corrected chi connectivity index (χ3v) is 1.28. The van der Waals surface area contributed by atoms with E-state index < -0.39 is 29.2 Å². The Morgan fingerprint density at radius 3 is 2.27 bits per heavy atom. The molecule has 0 heterocycles.